The molecule has 0 aliphatic rings. The number of nitrogens with two attached hydrogens (primary N) is 1. The van der Waals surface area contributed by atoms with Crippen molar-refractivity contribution in [2.45, 2.75) is 13.3 Å². The molecule has 0 fully saturated rings. The second-order valence-corrected chi connectivity index (χ2v) is 3.65. The van der Waals surface area contributed by atoms with Gasteiger partial charge in [0.15, 0.2) is 0 Å². The van der Waals surface area contributed by atoms with Crippen LogP contribution in [0.2, 0.25) is 0 Å². The Morgan fingerprint density at radius 1 is 1.33 bits per heavy atom. The van der Waals surface area contributed by atoms with Gasteiger partial charge >= 0.3 is 5.97 Å². The minimum Gasteiger partial charge on any atom is -0.496 e. The van der Waals surface area contributed by atoms with E-state index in [9.17, 15) is 4.79 Å². The lowest BCUT2D eigenvalue weighted by Gasteiger charge is -2.09. The second-order valence-electron chi connectivity index (χ2n) is 3.65. The number of anilines is 1. The van der Waals surface area contributed by atoms with Gasteiger partial charge < -0.3 is 19.9 Å². The summed E-state index contributed by atoms with van der Waals surface area (Å²) in [7, 11) is 1.50. The van der Waals surface area contributed by atoms with Crippen LogP contribution in [0.3, 0.4) is 0 Å². The number of rotatable bonds is 7. The van der Waals surface area contributed by atoms with Crippen molar-refractivity contribution in [3.63, 3.8) is 0 Å². The van der Waals surface area contributed by atoms with Gasteiger partial charge in [0, 0.05) is 25.3 Å². The van der Waals surface area contributed by atoms with Gasteiger partial charge in [0.2, 0.25) is 0 Å². The lowest BCUT2D eigenvalue weighted by atomic mass is 10.2. The van der Waals surface area contributed by atoms with Crippen LogP contribution in [0.1, 0.15) is 23.7 Å². The van der Waals surface area contributed by atoms with Gasteiger partial charge in [-0.1, -0.05) is 0 Å². The average molecular weight is 253 g/mol. The third-order valence-electron chi connectivity index (χ3n) is 2.31. The van der Waals surface area contributed by atoms with Gasteiger partial charge in [-0.05, 0) is 25.1 Å². The molecular weight excluding hydrogens is 234 g/mol. The van der Waals surface area contributed by atoms with Crippen LogP contribution < -0.4 is 10.5 Å². The number of methoxy groups -OCH3 is 1. The molecular formula is C13H19NO4. The minimum atomic E-state index is -0.435. The Hall–Kier alpha value is -1.75. The fraction of sp³-hybridized carbons (Fsp3) is 0.462. The molecule has 0 saturated carbocycles. The van der Waals surface area contributed by atoms with Crippen molar-refractivity contribution in [3.05, 3.63) is 23.8 Å². The fourth-order valence-electron chi connectivity index (χ4n) is 1.43. The van der Waals surface area contributed by atoms with E-state index in [4.69, 9.17) is 19.9 Å². The van der Waals surface area contributed by atoms with E-state index in [1.165, 1.54) is 7.11 Å². The van der Waals surface area contributed by atoms with Crippen molar-refractivity contribution in [2.24, 2.45) is 0 Å². The highest BCUT2D eigenvalue weighted by atomic mass is 16.5. The first kappa shape index (κ1) is 14.3. The van der Waals surface area contributed by atoms with Gasteiger partial charge in [0.25, 0.3) is 0 Å². The molecule has 0 radical (unpaired) electrons. The van der Waals surface area contributed by atoms with E-state index in [0.29, 0.717) is 43.2 Å². The van der Waals surface area contributed by atoms with Crippen molar-refractivity contribution in [3.8, 4) is 5.75 Å². The quantitative estimate of drug-likeness (QED) is 0.456. The maximum atomic E-state index is 11.8. The van der Waals surface area contributed by atoms with Crippen LogP contribution in [0.5, 0.6) is 5.75 Å². The van der Waals surface area contributed by atoms with Crippen molar-refractivity contribution in [1.82, 2.24) is 0 Å². The summed E-state index contributed by atoms with van der Waals surface area (Å²) in [6.45, 7) is 3.48. The normalized spacial score (nSPS) is 10.1. The molecule has 100 valence electrons. The molecule has 18 heavy (non-hydrogen) atoms. The summed E-state index contributed by atoms with van der Waals surface area (Å²) < 4.78 is 15.4. The minimum absolute atomic E-state index is 0.316. The summed E-state index contributed by atoms with van der Waals surface area (Å²) >= 11 is 0. The van der Waals surface area contributed by atoms with Crippen molar-refractivity contribution in [1.29, 1.82) is 0 Å². The van der Waals surface area contributed by atoms with Gasteiger partial charge in [-0.3, -0.25) is 0 Å². The molecule has 0 aromatic heterocycles. The molecule has 0 heterocycles. The second kappa shape index (κ2) is 7.55. The molecule has 1 aromatic carbocycles. The van der Waals surface area contributed by atoms with Crippen molar-refractivity contribution >= 4 is 11.7 Å². The van der Waals surface area contributed by atoms with Crippen LogP contribution in [-0.2, 0) is 9.47 Å². The molecule has 1 aromatic rings. The maximum Gasteiger partial charge on any atom is 0.341 e. The van der Waals surface area contributed by atoms with Crippen LogP contribution >= 0.6 is 0 Å². The molecule has 0 aliphatic heterocycles. The van der Waals surface area contributed by atoms with Crippen LogP contribution in [0.25, 0.3) is 0 Å². The summed E-state index contributed by atoms with van der Waals surface area (Å²) in [6.07, 6.45) is 0.671. The zero-order chi connectivity index (χ0) is 13.4. The molecule has 0 bridgehead atoms. The Morgan fingerprint density at radius 3 is 2.78 bits per heavy atom. The molecule has 0 unspecified atom stereocenters. The Bertz CT molecular complexity index is 393. The smallest absolute Gasteiger partial charge is 0.341 e. The Labute approximate surface area is 107 Å². The topological polar surface area (TPSA) is 70.8 Å². The first-order valence-corrected chi connectivity index (χ1v) is 5.87. The number of esters is 1. The third-order valence-corrected chi connectivity index (χ3v) is 2.31. The van der Waals surface area contributed by atoms with Gasteiger partial charge in [-0.25, -0.2) is 4.79 Å². The number of ether oxygens (including phenoxy) is 3. The average Bonchev–Trinajstić information content (AvgIpc) is 2.38. The largest absolute Gasteiger partial charge is 0.496 e. The lowest BCUT2D eigenvalue weighted by Crippen LogP contribution is -2.10. The predicted molar refractivity (Wildman–Crippen MR) is 68.8 cm³/mol. The van der Waals surface area contributed by atoms with E-state index in [1.54, 1.807) is 18.2 Å². The van der Waals surface area contributed by atoms with Crippen LogP contribution in [0, 0.1) is 0 Å². The number of nitrogen functional groups attached to an aromatic ring is 1. The lowest BCUT2D eigenvalue weighted by molar-refractivity contribution is 0.0449. The SMILES string of the molecule is CCOCCCOC(=O)c1cc(N)ccc1OC. The molecule has 5 nitrogen and oxygen atoms in total. The standard InChI is InChI=1S/C13H19NO4/c1-3-17-7-4-8-18-13(15)11-9-10(14)5-6-12(11)16-2/h5-6,9H,3-4,7-8,14H2,1-2H3. The number of hydrogen-bond acceptors (Lipinski definition) is 5. The van der Waals surface area contributed by atoms with Crippen LogP contribution in [-0.4, -0.2) is 32.9 Å². The van der Waals surface area contributed by atoms with Gasteiger partial charge in [-0.2, -0.15) is 0 Å². The highest BCUT2D eigenvalue weighted by Gasteiger charge is 2.13. The van der Waals surface area contributed by atoms with Crippen molar-refractivity contribution in [2.75, 3.05) is 32.7 Å². The summed E-state index contributed by atoms with van der Waals surface area (Å²) in [5, 5.41) is 0. The van der Waals surface area contributed by atoms with E-state index >= 15 is 0 Å². The van der Waals surface area contributed by atoms with E-state index in [2.05, 4.69) is 0 Å². The van der Waals surface area contributed by atoms with Gasteiger partial charge in [0.1, 0.15) is 11.3 Å². The maximum absolute atomic E-state index is 11.8. The molecule has 0 saturated heterocycles. The molecule has 2 N–H and O–H groups in total. The van der Waals surface area contributed by atoms with Gasteiger partial charge in [0.05, 0.1) is 13.7 Å². The molecule has 1 rings (SSSR count). The van der Waals surface area contributed by atoms with Gasteiger partial charge in [-0.15, -0.1) is 0 Å². The zero-order valence-electron chi connectivity index (χ0n) is 10.8. The molecule has 0 aliphatic carbocycles. The molecule has 0 atom stereocenters. The third kappa shape index (κ3) is 4.25. The predicted octanol–water partition coefficient (Wildman–Crippen LogP) is 1.86. The summed E-state index contributed by atoms with van der Waals surface area (Å²) in [5.41, 5.74) is 6.47. The van der Waals surface area contributed by atoms with E-state index < -0.39 is 5.97 Å². The number of carbonyl (C=O) groups is 1. The van der Waals surface area contributed by atoms with Crippen LogP contribution in [0.15, 0.2) is 18.2 Å². The summed E-state index contributed by atoms with van der Waals surface area (Å²) in [6, 6.07) is 4.86. The Balaban J connectivity index is 2.52. The van der Waals surface area contributed by atoms with E-state index in [0.717, 1.165) is 0 Å². The fourth-order valence-corrected chi connectivity index (χ4v) is 1.43. The first-order chi connectivity index (χ1) is 8.69. The monoisotopic (exact) mass is 253 g/mol. The van der Waals surface area contributed by atoms with Crippen molar-refractivity contribution < 1.29 is 19.0 Å². The summed E-state index contributed by atoms with van der Waals surface area (Å²) in [4.78, 5) is 11.8. The molecule has 5 heteroatoms. The molecule has 0 spiro atoms. The highest BCUT2D eigenvalue weighted by Crippen LogP contribution is 2.21. The highest BCUT2D eigenvalue weighted by molar-refractivity contribution is 5.93. The zero-order valence-corrected chi connectivity index (χ0v) is 10.8. The number of hydrogen-bond donors (Lipinski definition) is 1. The summed E-state index contributed by atoms with van der Waals surface area (Å²) in [5.74, 6) is 0.0228. The first-order valence-electron chi connectivity index (χ1n) is 5.87. The Morgan fingerprint density at radius 2 is 2.11 bits per heavy atom. The van der Waals surface area contributed by atoms with Crippen LogP contribution in [0.4, 0.5) is 5.69 Å². The number of benzene rings is 1. The number of carbonyl (C=O) groups excluding carboxylic acids is 1. The van der Waals surface area contributed by atoms with E-state index in [1.807, 2.05) is 6.92 Å². The molecule has 0 amide bonds. The Kier molecular flexibility index (Phi) is 6.00. The van der Waals surface area contributed by atoms with E-state index in [-0.39, 0.29) is 0 Å².